The van der Waals surface area contributed by atoms with Crippen molar-refractivity contribution in [2.45, 2.75) is 12.5 Å². The average molecular weight is 242 g/mol. The second-order valence-electron chi connectivity index (χ2n) is 3.50. The number of fused-ring (bicyclic) bond motifs is 1. The Balaban J connectivity index is 0.00000128. The van der Waals surface area contributed by atoms with Crippen LogP contribution in [0.1, 0.15) is 18.0 Å². The molecule has 0 saturated carbocycles. The van der Waals surface area contributed by atoms with Crippen LogP contribution in [0.4, 0.5) is 0 Å². The summed E-state index contributed by atoms with van der Waals surface area (Å²) in [5.41, 5.74) is 7.02. The molecule has 1 heterocycles. The van der Waals surface area contributed by atoms with Gasteiger partial charge in [-0.05, 0) is 12.5 Å². The lowest BCUT2D eigenvalue weighted by molar-refractivity contribution is 0.169. The lowest BCUT2D eigenvalue weighted by Gasteiger charge is -2.23. The van der Waals surface area contributed by atoms with E-state index in [0.717, 1.165) is 23.5 Å². The molecule has 1 aliphatic heterocycles. The van der Waals surface area contributed by atoms with E-state index in [-0.39, 0.29) is 18.4 Å². The molecule has 2 rings (SSSR count). The third-order valence-electron chi connectivity index (χ3n) is 2.42. The number of hydrogen-bond donors (Lipinski definition) is 1. The van der Waals surface area contributed by atoms with Gasteiger partial charge in [0, 0.05) is 11.6 Å². The minimum absolute atomic E-state index is 0. The summed E-state index contributed by atoms with van der Waals surface area (Å²) < 4.78 is 11.1. The van der Waals surface area contributed by atoms with Crippen LogP contribution in [0.25, 0.3) is 0 Å². The Hall–Kier alpha value is -1.19. The molecule has 0 amide bonds. The molecule has 1 atom stereocenters. The van der Waals surface area contributed by atoms with E-state index in [1.807, 2.05) is 24.3 Å². The fourth-order valence-corrected chi connectivity index (χ4v) is 1.69. The van der Waals surface area contributed by atoms with Gasteiger partial charge in [0.05, 0.1) is 0 Å². The van der Waals surface area contributed by atoms with Crippen LogP contribution in [0.2, 0.25) is 0 Å². The molecule has 4 heteroatoms. The standard InChI is InChI=1S/C12H15NO2.ClH/c1-2-4-10(13)9-5-3-6-11-12(9)15-8-7-14-11;/h2-3,5-6,10H,1,4,7-8,13H2;1H/t10-;/m0./s1. The van der Waals surface area contributed by atoms with Crippen molar-refractivity contribution < 1.29 is 9.47 Å². The van der Waals surface area contributed by atoms with Gasteiger partial charge in [-0.15, -0.1) is 19.0 Å². The molecule has 16 heavy (non-hydrogen) atoms. The number of para-hydroxylation sites is 1. The van der Waals surface area contributed by atoms with Crippen LogP contribution in [0.15, 0.2) is 30.9 Å². The zero-order valence-electron chi connectivity index (χ0n) is 9.02. The Labute approximate surface area is 102 Å². The Morgan fingerprint density at radius 2 is 2.12 bits per heavy atom. The third-order valence-corrected chi connectivity index (χ3v) is 2.42. The third kappa shape index (κ3) is 2.49. The highest BCUT2D eigenvalue weighted by Crippen LogP contribution is 2.36. The van der Waals surface area contributed by atoms with E-state index in [1.54, 1.807) is 0 Å². The Morgan fingerprint density at radius 1 is 1.38 bits per heavy atom. The van der Waals surface area contributed by atoms with Gasteiger partial charge in [0.1, 0.15) is 13.2 Å². The quantitative estimate of drug-likeness (QED) is 0.827. The molecule has 88 valence electrons. The molecule has 0 aromatic heterocycles. The van der Waals surface area contributed by atoms with Crippen LogP contribution in [0, 0.1) is 0 Å². The van der Waals surface area contributed by atoms with E-state index in [9.17, 15) is 0 Å². The number of ether oxygens (including phenoxy) is 2. The summed E-state index contributed by atoms with van der Waals surface area (Å²) in [5, 5.41) is 0. The highest BCUT2D eigenvalue weighted by Gasteiger charge is 2.18. The normalized spacial score (nSPS) is 14.8. The smallest absolute Gasteiger partial charge is 0.166 e. The number of rotatable bonds is 3. The number of benzene rings is 1. The Kier molecular flexibility index (Phi) is 4.65. The second kappa shape index (κ2) is 5.77. The summed E-state index contributed by atoms with van der Waals surface area (Å²) in [4.78, 5) is 0. The molecule has 0 radical (unpaired) electrons. The minimum Gasteiger partial charge on any atom is -0.486 e. The first-order valence-electron chi connectivity index (χ1n) is 5.08. The van der Waals surface area contributed by atoms with E-state index in [1.165, 1.54) is 0 Å². The molecule has 0 fully saturated rings. The molecular formula is C12H16ClNO2. The lowest BCUT2D eigenvalue weighted by Crippen LogP contribution is -2.19. The van der Waals surface area contributed by atoms with Crippen LogP contribution < -0.4 is 15.2 Å². The molecule has 0 spiro atoms. The van der Waals surface area contributed by atoms with Crippen LogP contribution in [-0.2, 0) is 0 Å². The molecule has 0 bridgehead atoms. The fraction of sp³-hybridized carbons (Fsp3) is 0.333. The first-order chi connectivity index (χ1) is 7.33. The maximum absolute atomic E-state index is 6.02. The first-order valence-corrected chi connectivity index (χ1v) is 5.08. The lowest BCUT2D eigenvalue weighted by atomic mass is 10.0. The zero-order chi connectivity index (χ0) is 10.7. The molecule has 0 aliphatic carbocycles. The number of nitrogens with two attached hydrogens (primary N) is 1. The first kappa shape index (κ1) is 12.9. The molecule has 3 nitrogen and oxygen atoms in total. The Bertz CT molecular complexity index is 368. The van der Waals surface area contributed by atoms with Gasteiger partial charge >= 0.3 is 0 Å². The van der Waals surface area contributed by atoms with Crippen molar-refractivity contribution in [3.05, 3.63) is 36.4 Å². The van der Waals surface area contributed by atoms with Gasteiger partial charge in [-0.1, -0.05) is 18.2 Å². The van der Waals surface area contributed by atoms with Crippen LogP contribution in [0.5, 0.6) is 11.5 Å². The van der Waals surface area contributed by atoms with Crippen molar-refractivity contribution in [1.29, 1.82) is 0 Å². The molecule has 1 aromatic rings. The Morgan fingerprint density at radius 3 is 2.88 bits per heavy atom. The molecule has 1 aromatic carbocycles. The highest BCUT2D eigenvalue weighted by atomic mass is 35.5. The summed E-state index contributed by atoms with van der Waals surface area (Å²) >= 11 is 0. The van der Waals surface area contributed by atoms with Crippen molar-refractivity contribution >= 4 is 12.4 Å². The van der Waals surface area contributed by atoms with Crippen molar-refractivity contribution in [3.8, 4) is 11.5 Å². The van der Waals surface area contributed by atoms with Gasteiger partial charge in [0.2, 0.25) is 0 Å². The second-order valence-corrected chi connectivity index (χ2v) is 3.50. The molecule has 0 unspecified atom stereocenters. The van der Waals surface area contributed by atoms with Gasteiger partial charge in [-0.3, -0.25) is 0 Å². The maximum atomic E-state index is 6.02. The molecule has 1 aliphatic rings. The molecule has 2 N–H and O–H groups in total. The number of hydrogen-bond acceptors (Lipinski definition) is 3. The van der Waals surface area contributed by atoms with Crippen molar-refractivity contribution in [2.24, 2.45) is 5.73 Å². The van der Waals surface area contributed by atoms with Gasteiger partial charge < -0.3 is 15.2 Å². The SMILES string of the molecule is C=CC[C@H](N)c1cccc2c1OCCO2.Cl. The van der Waals surface area contributed by atoms with E-state index >= 15 is 0 Å². The van der Waals surface area contributed by atoms with Crippen molar-refractivity contribution in [2.75, 3.05) is 13.2 Å². The van der Waals surface area contributed by atoms with E-state index in [4.69, 9.17) is 15.2 Å². The highest BCUT2D eigenvalue weighted by molar-refractivity contribution is 5.85. The van der Waals surface area contributed by atoms with Gasteiger partial charge in [-0.2, -0.15) is 0 Å². The monoisotopic (exact) mass is 241 g/mol. The summed E-state index contributed by atoms with van der Waals surface area (Å²) in [6.07, 6.45) is 2.55. The van der Waals surface area contributed by atoms with Crippen LogP contribution in [0.3, 0.4) is 0 Å². The topological polar surface area (TPSA) is 44.5 Å². The predicted molar refractivity (Wildman–Crippen MR) is 66.4 cm³/mol. The van der Waals surface area contributed by atoms with E-state index in [0.29, 0.717) is 13.2 Å². The number of halogens is 1. The maximum Gasteiger partial charge on any atom is 0.166 e. The van der Waals surface area contributed by atoms with Gasteiger partial charge in [-0.25, -0.2) is 0 Å². The average Bonchev–Trinajstić information content (AvgIpc) is 2.28. The minimum atomic E-state index is -0.0702. The van der Waals surface area contributed by atoms with Gasteiger partial charge in [0.25, 0.3) is 0 Å². The van der Waals surface area contributed by atoms with E-state index < -0.39 is 0 Å². The van der Waals surface area contributed by atoms with Crippen molar-refractivity contribution in [3.63, 3.8) is 0 Å². The van der Waals surface area contributed by atoms with E-state index in [2.05, 4.69) is 6.58 Å². The zero-order valence-corrected chi connectivity index (χ0v) is 9.83. The molecular weight excluding hydrogens is 226 g/mol. The summed E-state index contributed by atoms with van der Waals surface area (Å²) in [5.74, 6) is 1.58. The largest absolute Gasteiger partial charge is 0.486 e. The molecule has 0 saturated heterocycles. The van der Waals surface area contributed by atoms with Gasteiger partial charge in [0.15, 0.2) is 11.5 Å². The predicted octanol–water partition coefficient (Wildman–Crippen LogP) is 2.46. The van der Waals surface area contributed by atoms with Crippen molar-refractivity contribution in [1.82, 2.24) is 0 Å². The van der Waals surface area contributed by atoms with Crippen LogP contribution in [-0.4, -0.2) is 13.2 Å². The van der Waals surface area contributed by atoms with Crippen LogP contribution >= 0.6 is 12.4 Å². The summed E-state index contributed by atoms with van der Waals surface area (Å²) in [7, 11) is 0. The summed E-state index contributed by atoms with van der Waals surface area (Å²) in [6.45, 7) is 4.88. The fourth-order valence-electron chi connectivity index (χ4n) is 1.69. The summed E-state index contributed by atoms with van der Waals surface area (Å²) in [6, 6.07) is 5.74.